The van der Waals surface area contributed by atoms with Crippen LogP contribution in [0.3, 0.4) is 0 Å². The first-order valence-corrected chi connectivity index (χ1v) is 10.7. The first kappa shape index (κ1) is 24.1. The van der Waals surface area contributed by atoms with E-state index in [0.717, 1.165) is 24.0 Å². The summed E-state index contributed by atoms with van der Waals surface area (Å²) in [6, 6.07) is 18.1. The first-order valence-electron chi connectivity index (χ1n) is 10.7. The number of rotatable bonds is 11. The number of carbonyl (C=O) groups excluding carboxylic acids is 3. The van der Waals surface area contributed by atoms with Gasteiger partial charge in [-0.05, 0) is 23.5 Å². The van der Waals surface area contributed by atoms with Gasteiger partial charge in [-0.15, -0.1) is 0 Å². The smallest absolute Gasteiger partial charge is 0.329 e. The van der Waals surface area contributed by atoms with Crippen molar-refractivity contribution in [2.24, 2.45) is 5.92 Å². The van der Waals surface area contributed by atoms with E-state index in [0.29, 0.717) is 0 Å². The maximum Gasteiger partial charge on any atom is 0.329 e. The fourth-order valence-corrected chi connectivity index (χ4v) is 3.26. The Morgan fingerprint density at radius 2 is 1.48 bits per heavy atom. The summed E-state index contributed by atoms with van der Waals surface area (Å²) in [7, 11) is 0. The van der Waals surface area contributed by atoms with Crippen molar-refractivity contribution in [2.75, 3.05) is 6.61 Å². The molecule has 0 saturated heterocycles. The van der Waals surface area contributed by atoms with Crippen molar-refractivity contribution in [1.29, 1.82) is 0 Å². The van der Waals surface area contributed by atoms with Gasteiger partial charge in [-0.1, -0.05) is 87.9 Å². The molecule has 0 fully saturated rings. The van der Waals surface area contributed by atoms with Gasteiger partial charge in [0.1, 0.15) is 6.04 Å². The molecule has 0 spiro atoms. The molecule has 0 radical (unpaired) electrons. The Labute approximate surface area is 184 Å². The zero-order valence-corrected chi connectivity index (χ0v) is 18.5. The minimum absolute atomic E-state index is 0.135. The van der Waals surface area contributed by atoms with Gasteiger partial charge in [0.05, 0.1) is 12.5 Å². The zero-order chi connectivity index (χ0) is 22.6. The zero-order valence-electron chi connectivity index (χ0n) is 18.5. The van der Waals surface area contributed by atoms with E-state index < -0.39 is 12.0 Å². The molecule has 2 N–H and O–H groups in total. The second kappa shape index (κ2) is 12.5. The predicted molar refractivity (Wildman–Crippen MR) is 120 cm³/mol. The largest absolute Gasteiger partial charge is 0.454 e. The van der Waals surface area contributed by atoms with Crippen LogP contribution in [0.5, 0.6) is 0 Å². The van der Waals surface area contributed by atoms with Crippen LogP contribution >= 0.6 is 0 Å². The lowest BCUT2D eigenvalue weighted by molar-refractivity contribution is -0.153. The average molecular weight is 425 g/mol. The molecule has 0 heterocycles. The topological polar surface area (TPSA) is 84.5 Å². The van der Waals surface area contributed by atoms with Crippen LogP contribution in [0.1, 0.15) is 50.8 Å². The molecule has 0 aromatic heterocycles. The quantitative estimate of drug-likeness (QED) is 0.540. The highest BCUT2D eigenvalue weighted by Gasteiger charge is 2.26. The third-order valence-corrected chi connectivity index (χ3v) is 4.90. The molecule has 0 bridgehead atoms. The third kappa shape index (κ3) is 8.24. The number of carbonyl (C=O) groups is 3. The molecular weight excluding hydrogens is 392 g/mol. The molecule has 2 aromatic carbocycles. The molecule has 2 atom stereocenters. The Hall–Kier alpha value is -3.15. The molecular formula is C25H32N2O4. The Kier molecular flexibility index (Phi) is 9.75. The highest BCUT2D eigenvalue weighted by atomic mass is 16.5. The minimum Gasteiger partial charge on any atom is -0.454 e. The lowest BCUT2D eigenvalue weighted by Gasteiger charge is -2.22. The Balaban J connectivity index is 1.88. The van der Waals surface area contributed by atoms with E-state index >= 15 is 0 Å². The Morgan fingerprint density at radius 3 is 2.06 bits per heavy atom. The summed E-state index contributed by atoms with van der Waals surface area (Å²) in [5, 5.41) is 5.66. The monoisotopic (exact) mass is 424 g/mol. The summed E-state index contributed by atoms with van der Waals surface area (Å²) < 4.78 is 5.23. The standard InChI is InChI=1S/C25H32N2O4/c1-4-11-21(20-14-9-6-10-15-20)26-23(29)17-31-25(30)24(18(2)3)27-22(28)16-19-12-7-5-8-13-19/h5-10,12-15,18,21,24H,4,11,16-17H2,1-3H3,(H,26,29)(H,27,28)/t21-,24+/m1/s1. The van der Waals surface area contributed by atoms with E-state index in [1.54, 1.807) is 0 Å². The van der Waals surface area contributed by atoms with E-state index in [1.807, 2.05) is 81.4 Å². The van der Waals surface area contributed by atoms with Gasteiger partial charge in [-0.25, -0.2) is 4.79 Å². The van der Waals surface area contributed by atoms with Crippen LogP contribution in [-0.2, 0) is 25.5 Å². The molecule has 6 nitrogen and oxygen atoms in total. The van der Waals surface area contributed by atoms with Gasteiger partial charge in [0.15, 0.2) is 6.61 Å². The summed E-state index contributed by atoms with van der Waals surface area (Å²) in [5.74, 6) is -1.42. The summed E-state index contributed by atoms with van der Waals surface area (Å²) in [4.78, 5) is 37.3. The van der Waals surface area contributed by atoms with Crippen LogP contribution in [0.25, 0.3) is 0 Å². The number of ether oxygens (including phenoxy) is 1. The summed E-state index contributed by atoms with van der Waals surface area (Å²) >= 11 is 0. The van der Waals surface area contributed by atoms with Gasteiger partial charge in [0.2, 0.25) is 5.91 Å². The second-order valence-electron chi connectivity index (χ2n) is 7.88. The van der Waals surface area contributed by atoms with Crippen LogP contribution in [0.15, 0.2) is 60.7 Å². The summed E-state index contributed by atoms with van der Waals surface area (Å²) in [6.45, 7) is 5.31. The normalized spacial score (nSPS) is 12.6. The second-order valence-corrected chi connectivity index (χ2v) is 7.88. The van der Waals surface area contributed by atoms with Crippen LogP contribution in [0.2, 0.25) is 0 Å². The molecule has 2 aromatic rings. The van der Waals surface area contributed by atoms with Gasteiger partial charge in [-0.2, -0.15) is 0 Å². The van der Waals surface area contributed by atoms with Crippen molar-refractivity contribution in [1.82, 2.24) is 10.6 Å². The van der Waals surface area contributed by atoms with Crippen LogP contribution in [0, 0.1) is 5.92 Å². The molecule has 0 aliphatic heterocycles. The van der Waals surface area contributed by atoms with Crippen molar-refractivity contribution in [3.05, 3.63) is 71.8 Å². The van der Waals surface area contributed by atoms with E-state index in [2.05, 4.69) is 10.6 Å². The summed E-state index contributed by atoms with van der Waals surface area (Å²) in [5.41, 5.74) is 1.87. The Bertz CT molecular complexity index is 837. The SMILES string of the molecule is CCC[C@@H](NC(=O)COC(=O)[C@@H](NC(=O)Cc1ccccc1)C(C)C)c1ccccc1. The van der Waals surface area contributed by atoms with Gasteiger partial charge in [-0.3, -0.25) is 9.59 Å². The average Bonchev–Trinajstić information content (AvgIpc) is 2.76. The van der Waals surface area contributed by atoms with Crippen molar-refractivity contribution >= 4 is 17.8 Å². The van der Waals surface area contributed by atoms with E-state index in [1.165, 1.54) is 0 Å². The number of esters is 1. The van der Waals surface area contributed by atoms with E-state index in [4.69, 9.17) is 4.74 Å². The molecule has 166 valence electrons. The molecule has 31 heavy (non-hydrogen) atoms. The van der Waals surface area contributed by atoms with Gasteiger partial charge < -0.3 is 15.4 Å². The number of amides is 2. The number of nitrogens with one attached hydrogen (secondary N) is 2. The molecule has 2 amide bonds. The molecule has 6 heteroatoms. The van der Waals surface area contributed by atoms with Crippen LogP contribution < -0.4 is 10.6 Å². The van der Waals surface area contributed by atoms with Gasteiger partial charge in [0, 0.05) is 0 Å². The Morgan fingerprint density at radius 1 is 0.871 bits per heavy atom. The van der Waals surface area contributed by atoms with Gasteiger partial charge >= 0.3 is 5.97 Å². The van der Waals surface area contributed by atoms with E-state index in [-0.39, 0.29) is 36.8 Å². The van der Waals surface area contributed by atoms with Crippen molar-refractivity contribution in [3.63, 3.8) is 0 Å². The first-order chi connectivity index (χ1) is 14.9. The number of hydrogen-bond acceptors (Lipinski definition) is 4. The maximum atomic E-state index is 12.5. The van der Waals surface area contributed by atoms with Crippen molar-refractivity contribution in [2.45, 2.75) is 52.1 Å². The fourth-order valence-electron chi connectivity index (χ4n) is 3.26. The van der Waals surface area contributed by atoms with E-state index in [9.17, 15) is 14.4 Å². The lowest BCUT2D eigenvalue weighted by atomic mass is 10.0. The minimum atomic E-state index is -0.815. The van der Waals surface area contributed by atoms with Crippen LogP contribution in [-0.4, -0.2) is 30.4 Å². The summed E-state index contributed by atoms with van der Waals surface area (Å²) in [6.07, 6.45) is 1.87. The molecule has 0 saturated carbocycles. The highest BCUT2D eigenvalue weighted by molar-refractivity contribution is 5.87. The van der Waals surface area contributed by atoms with Gasteiger partial charge in [0.25, 0.3) is 5.91 Å². The maximum absolute atomic E-state index is 12.5. The third-order valence-electron chi connectivity index (χ3n) is 4.90. The number of hydrogen-bond donors (Lipinski definition) is 2. The van der Waals surface area contributed by atoms with Crippen LogP contribution in [0.4, 0.5) is 0 Å². The molecule has 0 aliphatic carbocycles. The fraction of sp³-hybridized carbons (Fsp3) is 0.400. The van der Waals surface area contributed by atoms with Crippen molar-refractivity contribution in [3.8, 4) is 0 Å². The highest BCUT2D eigenvalue weighted by Crippen LogP contribution is 2.18. The molecule has 2 rings (SSSR count). The predicted octanol–water partition coefficient (Wildman–Crippen LogP) is 3.57. The molecule has 0 aliphatic rings. The number of benzene rings is 2. The lowest BCUT2D eigenvalue weighted by Crippen LogP contribution is -2.46. The molecule has 0 unspecified atom stereocenters. The van der Waals surface area contributed by atoms with Crippen molar-refractivity contribution < 1.29 is 19.1 Å².